The maximum Gasteiger partial charge on any atom is 1.00 e. The minimum atomic E-state index is -1.60. The first kappa shape index (κ1) is 88.2. The molecule has 0 aliphatic heterocycles. The van der Waals surface area contributed by atoms with E-state index in [1.165, 1.54) is 21.3 Å². The van der Waals surface area contributed by atoms with E-state index in [1.54, 1.807) is 75.4 Å². The Morgan fingerprint density at radius 3 is 1.04 bits per heavy atom. The van der Waals surface area contributed by atoms with E-state index in [2.05, 4.69) is 149 Å². The third kappa shape index (κ3) is 21.6. The molecule has 0 spiro atoms. The molecule has 518 valence electrons. The number of nitrogens with zero attached hydrogens (tertiary/aromatic N) is 9. The van der Waals surface area contributed by atoms with Gasteiger partial charge >= 0.3 is 36.8 Å². The number of hydrogen-bond donors (Lipinski definition) is 1. The summed E-state index contributed by atoms with van der Waals surface area (Å²) in [6.07, 6.45) is -0.928. The Labute approximate surface area is 653 Å². The summed E-state index contributed by atoms with van der Waals surface area (Å²) >= 11 is 22.8. The molecule has 0 aliphatic carbocycles. The van der Waals surface area contributed by atoms with Crippen LogP contribution < -0.4 is 33.1 Å². The number of ether oxygens (including phenoxy) is 5. The summed E-state index contributed by atoms with van der Waals surface area (Å²) in [6, 6.07) is 60.6. The van der Waals surface area contributed by atoms with Gasteiger partial charge in [0.15, 0.2) is 0 Å². The van der Waals surface area contributed by atoms with Crippen molar-refractivity contribution in [2.24, 2.45) is 0 Å². The molecule has 27 heteroatoms. The largest absolute Gasteiger partial charge is 1.00 e. The van der Waals surface area contributed by atoms with Gasteiger partial charge in [-0.3, -0.25) is 0 Å². The van der Waals surface area contributed by atoms with Gasteiger partial charge in [0.05, 0.1) is 13.2 Å². The van der Waals surface area contributed by atoms with Crippen molar-refractivity contribution in [3.63, 3.8) is 0 Å². The van der Waals surface area contributed by atoms with E-state index in [4.69, 9.17) is 23.7 Å². The number of rotatable bonds is 17. The maximum absolute atomic E-state index is 13.0. The fraction of sp³-hybridized carbons (Fsp3) is 0.208. The number of carboxylic acid groups (broad SMARTS) is 1. The summed E-state index contributed by atoms with van der Waals surface area (Å²) in [7, 11) is 0. The molecule has 0 amide bonds. The molecule has 0 bridgehead atoms. The van der Waals surface area contributed by atoms with Gasteiger partial charge in [-0.15, -0.1) is 45.0 Å². The molecule has 3 atom stereocenters. The van der Waals surface area contributed by atoms with E-state index >= 15 is 0 Å². The molecule has 19 nitrogen and oxygen atoms in total. The smallest absolute Gasteiger partial charge is 0.870 e. The van der Waals surface area contributed by atoms with Crippen LogP contribution in [0.1, 0.15) is 87.6 Å². The first-order chi connectivity index (χ1) is 44.3. The van der Waals surface area contributed by atoms with Crippen LogP contribution in [0.2, 0.25) is 0 Å². The minimum Gasteiger partial charge on any atom is -0.870 e. The Balaban J connectivity index is 0.000000482. The van der Waals surface area contributed by atoms with Gasteiger partial charge in [-0.2, -0.15) is 0 Å². The molecule has 3 aromatic heterocycles. The standard InChI is InChI=1S/C23H19Br2N3O3.C22H17Br2N3O3.C21H15Br2N3O3.CH3I.5CH4.Li.H2O/c1-3-30-22(29)23(2,15-8-10-16(24)11-9-15)31-21-13-12-17(25)14-20(21)28-26-18-6-4-5-7-19(18)27-28;1-2-29-22(28)21(14-7-9-15(23)10-8-14)30-20-12-11-16(24)13-19(20)27-25-17-5-3-4-6-18(17)26-27;1-21(20(27)28,13-6-8-14(22)9-7-13)29-19-11-10-15(23)12-18(19)26-24-16-4-2-3-5-17(16)25-26;1-2;;;;;;;/h4-14H,3H2,1-2H3;3-13,21H,2H2,1H3;2-12H,1H3,(H,27,28);1H3;5*1H4;;1H2/q;;;;;;;;;+1;/p-1. The van der Waals surface area contributed by atoms with Crippen LogP contribution in [0.4, 0.5) is 0 Å². The van der Waals surface area contributed by atoms with Crippen LogP contribution in [0.25, 0.3) is 50.2 Å². The number of hydrogen-bond acceptors (Lipinski definition) is 15. The number of halogens is 7. The molecule has 2 N–H and O–H groups in total. The van der Waals surface area contributed by atoms with Crippen LogP contribution in [0.15, 0.2) is 227 Å². The second-order valence-electron chi connectivity index (χ2n) is 19.9. The van der Waals surface area contributed by atoms with Crippen molar-refractivity contribution in [1.29, 1.82) is 0 Å². The minimum absolute atomic E-state index is 0. The topological polar surface area (TPSA) is 240 Å². The molecule has 3 heterocycles. The molecule has 0 fully saturated rings. The summed E-state index contributed by atoms with van der Waals surface area (Å²) < 4.78 is 34.4. The molecule has 12 aromatic rings. The number of aromatic nitrogens is 9. The van der Waals surface area contributed by atoms with Crippen LogP contribution in [0.3, 0.4) is 0 Å². The van der Waals surface area contributed by atoms with Gasteiger partial charge in [-0.05, 0) is 160 Å². The summed E-state index contributed by atoms with van der Waals surface area (Å²) in [5.74, 6) is -0.799. The van der Waals surface area contributed by atoms with Crippen molar-refractivity contribution in [2.45, 2.75) is 82.1 Å². The number of carboxylic acids is 1. The molecule has 99 heavy (non-hydrogen) atoms. The summed E-state index contributed by atoms with van der Waals surface area (Å²) in [6.45, 7) is 7.26. The van der Waals surface area contributed by atoms with Crippen molar-refractivity contribution < 1.29 is 67.5 Å². The van der Waals surface area contributed by atoms with Gasteiger partial charge in [0, 0.05) is 43.5 Å². The van der Waals surface area contributed by atoms with Crippen molar-refractivity contribution in [3.8, 4) is 34.3 Å². The molecule has 12 rings (SSSR count). The molecule has 9 aromatic carbocycles. The number of alkyl halides is 1. The predicted octanol–water partition coefficient (Wildman–Crippen LogP) is 17.8. The summed E-state index contributed by atoms with van der Waals surface area (Å²) in [5, 5.41) is 37.2. The fourth-order valence-electron chi connectivity index (χ4n) is 9.04. The Kier molecular flexibility index (Phi) is 36.2. The SMILES string of the molecule is C.C.C.C.C.CC(Oc1ccc(Br)cc1-n1nc2ccccc2n1)(C(=O)O)c1ccc(Br)cc1.CCOC(=O)C(C)(Oc1ccc(Br)cc1-n1nc2ccccc2n1)c1ccc(Br)cc1.CCOC(=O)C(Oc1ccc(Br)cc1-n1nc2ccccc2n1)c1ccc(Br)cc1.CI.[Li+].[OH-]. The number of fused-ring (bicyclic) bond motifs is 3. The van der Waals surface area contributed by atoms with Crippen LogP contribution in [0.5, 0.6) is 17.2 Å². The van der Waals surface area contributed by atoms with Crippen molar-refractivity contribution in [2.75, 3.05) is 18.1 Å². The molecular weight excluding hydrogens is 1760 g/mol. The van der Waals surface area contributed by atoms with E-state index in [1.807, 2.05) is 151 Å². The van der Waals surface area contributed by atoms with E-state index in [9.17, 15) is 19.5 Å². The van der Waals surface area contributed by atoms with Crippen molar-refractivity contribution in [1.82, 2.24) is 45.0 Å². The third-order valence-corrected chi connectivity index (χ3v) is 16.7. The van der Waals surface area contributed by atoms with E-state index in [-0.39, 0.29) is 74.7 Å². The fourth-order valence-corrected chi connectivity index (χ4v) is 10.9. The average molecular weight is 1840 g/mol. The number of carbonyl (C=O) groups excluding carboxylic acids is 2. The normalized spacial score (nSPS) is 11.6. The second kappa shape index (κ2) is 40.6. The zero-order chi connectivity index (χ0) is 65.7. The van der Waals surface area contributed by atoms with Crippen LogP contribution >= 0.6 is 118 Å². The maximum atomic E-state index is 13.0. The molecule has 0 radical (unpaired) electrons. The van der Waals surface area contributed by atoms with Crippen LogP contribution in [-0.4, -0.2) is 91.6 Å². The van der Waals surface area contributed by atoms with Crippen molar-refractivity contribution >= 4 is 169 Å². The average Bonchev–Trinajstić information content (AvgIpc) is 1.75. The first-order valence-electron chi connectivity index (χ1n) is 28.0. The van der Waals surface area contributed by atoms with E-state index in [0.29, 0.717) is 51.0 Å². The number of carbonyl (C=O) groups is 3. The first-order valence-corrected chi connectivity index (χ1v) is 34.9. The van der Waals surface area contributed by atoms with Gasteiger partial charge in [0.25, 0.3) is 0 Å². The zero-order valence-corrected chi connectivity index (χ0v) is 62.5. The quantitative estimate of drug-likeness (QED) is 0.0386. The zero-order valence-electron chi connectivity index (χ0n) is 50.9. The van der Waals surface area contributed by atoms with Gasteiger partial charge in [-0.1, -0.05) is 228 Å². The van der Waals surface area contributed by atoms with Gasteiger partial charge in [-0.25, -0.2) is 14.4 Å². The van der Waals surface area contributed by atoms with Crippen molar-refractivity contribution in [3.05, 3.63) is 244 Å². The van der Waals surface area contributed by atoms with Crippen LogP contribution in [-0.2, 0) is 35.1 Å². The van der Waals surface area contributed by atoms with E-state index in [0.717, 1.165) is 59.9 Å². The summed E-state index contributed by atoms with van der Waals surface area (Å²) in [5.41, 5.74) is 5.12. The number of benzene rings is 9. The Morgan fingerprint density at radius 2 is 0.717 bits per heavy atom. The molecular formula is C72H75Br6ILiN9O10. The Hall–Kier alpha value is -6.84. The molecule has 0 aliphatic rings. The predicted molar refractivity (Wildman–Crippen MR) is 418 cm³/mol. The van der Waals surface area contributed by atoms with E-state index < -0.39 is 35.2 Å². The van der Waals surface area contributed by atoms with Gasteiger partial charge in [0.2, 0.25) is 17.3 Å². The van der Waals surface area contributed by atoms with Crippen LogP contribution in [0, 0.1) is 0 Å². The Morgan fingerprint density at radius 1 is 0.434 bits per heavy atom. The number of esters is 2. The second-order valence-corrected chi connectivity index (χ2v) is 25.4. The summed E-state index contributed by atoms with van der Waals surface area (Å²) in [4.78, 5) is 44.3. The molecule has 0 saturated heterocycles. The number of aliphatic carboxylic acids is 1. The Bertz CT molecular complexity index is 4470. The molecule has 3 unspecified atom stereocenters. The van der Waals surface area contributed by atoms with Gasteiger partial charge < -0.3 is 34.3 Å². The van der Waals surface area contributed by atoms with Gasteiger partial charge in [0.1, 0.15) is 67.4 Å². The monoisotopic (exact) mass is 1830 g/mol. The third-order valence-electron chi connectivity index (χ3n) is 13.7. The molecule has 0 saturated carbocycles.